The molecule has 0 aliphatic rings. The summed E-state index contributed by atoms with van der Waals surface area (Å²) in [5.41, 5.74) is 1.02. The maximum atomic E-state index is 9.69. The Morgan fingerprint density at radius 2 is 2.06 bits per heavy atom. The van der Waals surface area contributed by atoms with E-state index in [-0.39, 0.29) is 6.61 Å². The second kappa shape index (κ2) is 5.44. The molecule has 0 fully saturated rings. The number of hydrogen-bond acceptors (Lipinski definition) is 4. The largest absolute Gasteiger partial charge is 0.393 e. The third-order valence-corrected chi connectivity index (χ3v) is 2.90. The number of pyridine rings is 1. The van der Waals surface area contributed by atoms with Gasteiger partial charge in [0.25, 0.3) is 0 Å². The number of para-hydroxylation sites is 1. The van der Waals surface area contributed by atoms with Crippen LogP contribution in [0.4, 0.5) is 0 Å². The lowest BCUT2D eigenvalue weighted by Gasteiger charge is -2.20. The monoisotopic (exact) mass is 246 g/mol. The molecule has 96 valence electrons. The van der Waals surface area contributed by atoms with Crippen molar-refractivity contribution in [1.29, 1.82) is 0 Å². The number of fused-ring (bicyclic) bond motifs is 1. The van der Waals surface area contributed by atoms with Crippen LogP contribution in [0.2, 0.25) is 0 Å². The second-order valence-electron chi connectivity index (χ2n) is 4.75. The van der Waals surface area contributed by atoms with Crippen molar-refractivity contribution in [1.82, 2.24) is 10.3 Å². The molecule has 1 aromatic heterocycles. The van der Waals surface area contributed by atoms with Crippen LogP contribution in [0.5, 0.6) is 0 Å². The van der Waals surface area contributed by atoms with Gasteiger partial charge in [0, 0.05) is 24.7 Å². The summed E-state index contributed by atoms with van der Waals surface area (Å²) in [6.07, 6.45) is 1.78. The summed E-state index contributed by atoms with van der Waals surface area (Å²) in [6, 6.07) is 9.91. The third-order valence-electron chi connectivity index (χ3n) is 2.90. The van der Waals surface area contributed by atoms with Gasteiger partial charge in [-0.2, -0.15) is 0 Å². The minimum absolute atomic E-state index is 0.253. The lowest BCUT2D eigenvalue weighted by Crippen LogP contribution is -2.40. The van der Waals surface area contributed by atoms with Gasteiger partial charge in [-0.3, -0.25) is 4.98 Å². The highest BCUT2D eigenvalue weighted by Crippen LogP contribution is 2.15. The van der Waals surface area contributed by atoms with E-state index in [4.69, 9.17) is 5.11 Å². The standard InChI is InChI=1S/C14H18N2O2/c1-14(18,10-17)9-15-8-11-6-7-16-13-5-3-2-4-12(11)13/h2-7,15,17-18H,8-10H2,1H3. The highest BCUT2D eigenvalue weighted by atomic mass is 16.3. The zero-order valence-electron chi connectivity index (χ0n) is 10.4. The molecule has 1 atom stereocenters. The number of benzene rings is 1. The molecule has 1 heterocycles. The van der Waals surface area contributed by atoms with E-state index >= 15 is 0 Å². The Kier molecular flexibility index (Phi) is 3.91. The topological polar surface area (TPSA) is 65.4 Å². The van der Waals surface area contributed by atoms with E-state index in [0.717, 1.165) is 16.5 Å². The van der Waals surface area contributed by atoms with Gasteiger partial charge in [-0.25, -0.2) is 0 Å². The summed E-state index contributed by atoms with van der Waals surface area (Å²) in [4.78, 5) is 4.30. The van der Waals surface area contributed by atoms with E-state index < -0.39 is 5.60 Å². The number of rotatable bonds is 5. The summed E-state index contributed by atoms with van der Waals surface area (Å²) < 4.78 is 0. The van der Waals surface area contributed by atoms with Crippen LogP contribution >= 0.6 is 0 Å². The van der Waals surface area contributed by atoms with Crippen LogP contribution in [0, 0.1) is 0 Å². The molecule has 0 aliphatic carbocycles. The van der Waals surface area contributed by atoms with Crippen LogP contribution < -0.4 is 5.32 Å². The number of aliphatic hydroxyl groups excluding tert-OH is 1. The van der Waals surface area contributed by atoms with Gasteiger partial charge in [0.05, 0.1) is 17.7 Å². The molecule has 4 heteroatoms. The van der Waals surface area contributed by atoms with E-state index in [1.807, 2.05) is 30.3 Å². The minimum atomic E-state index is -1.08. The normalized spacial score (nSPS) is 14.6. The molecule has 1 aromatic carbocycles. The Bertz CT molecular complexity index is 521. The predicted octanol–water partition coefficient (Wildman–Crippen LogP) is 1.07. The summed E-state index contributed by atoms with van der Waals surface area (Å²) in [6.45, 7) is 2.33. The Labute approximate surface area is 106 Å². The number of hydrogen-bond donors (Lipinski definition) is 3. The van der Waals surface area contributed by atoms with Gasteiger partial charge >= 0.3 is 0 Å². The summed E-state index contributed by atoms with van der Waals surface area (Å²) in [7, 11) is 0. The van der Waals surface area contributed by atoms with Gasteiger partial charge in [-0.05, 0) is 24.6 Å². The van der Waals surface area contributed by atoms with Crippen LogP contribution in [-0.4, -0.2) is 33.9 Å². The highest BCUT2D eigenvalue weighted by molar-refractivity contribution is 5.81. The highest BCUT2D eigenvalue weighted by Gasteiger charge is 2.17. The van der Waals surface area contributed by atoms with E-state index in [9.17, 15) is 5.11 Å². The molecule has 2 rings (SSSR count). The van der Waals surface area contributed by atoms with Crippen LogP contribution in [0.15, 0.2) is 36.5 Å². The Morgan fingerprint density at radius 3 is 2.83 bits per heavy atom. The molecule has 1 unspecified atom stereocenters. The minimum Gasteiger partial charge on any atom is -0.393 e. The van der Waals surface area contributed by atoms with E-state index in [0.29, 0.717) is 13.1 Å². The molecule has 0 bridgehead atoms. The Balaban J connectivity index is 2.08. The predicted molar refractivity (Wildman–Crippen MR) is 71.2 cm³/mol. The molecule has 0 saturated carbocycles. The molecule has 0 amide bonds. The summed E-state index contributed by atoms with van der Waals surface area (Å²) in [5, 5.41) is 22.9. The van der Waals surface area contributed by atoms with Crippen molar-refractivity contribution in [3.8, 4) is 0 Å². The van der Waals surface area contributed by atoms with Crippen molar-refractivity contribution < 1.29 is 10.2 Å². The van der Waals surface area contributed by atoms with Crippen molar-refractivity contribution in [2.45, 2.75) is 19.1 Å². The molecule has 0 saturated heterocycles. The lowest BCUT2D eigenvalue weighted by molar-refractivity contribution is 0.00255. The first-order valence-corrected chi connectivity index (χ1v) is 5.99. The Hall–Kier alpha value is -1.49. The number of aliphatic hydroxyl groups is 2. The quantitative estimate of drug-likeness (QED) is 0.738. The first-order chi connectivity index (χ1) is 8.62. The van der Waals surface area contributed by atoms with Crippen molar-refractivity contribution in [3.05, 3.63) is 42.1 Å². The fraction of sp³-hybridized carbons (Fsp3) is 0.357. The van der Waals surface area contributed by atoms with Crippen LogP contribution in [0.3, 0.4) is 0 Å². The molecule has 2 aromatic rings. The molecular weight excluding hydrogens is 228 g/mol. The molecule has 0 aliphatic heterocycles. The van der Waals surface area contributed by atoms with Gasteiger partial charge in [0.15, 0.2) is 0 Å². The Morgan fingerprint density at radius 1 is 1.28 bits per heavy atom. The average Bonchev–Trinajstić information content (AvgIpc) is 2.39. The number of aromatic nitrogens is 1. The maximum Gasteiger partial charge on any atom is 0.0972 e. The van der Waals surface area contributed by atoms with Crippen LogP contribution in [0.1, 0.15) is 12.5 Å². The van der Waals surface area contributed by atoms with Gasteiger partial charge in [-0.1, -0.05) is 18.2 Å². The fourth-order valence-corrected chi connectivity index (χ4v) is 1.83. The van der Waals surface area contributed by atoms with Gasteiger partial charge in [0.1, 0.15) is 0 Å². The zero-order chi connectivity index (χ0) is 13.0. The van der Waals surface area contributed by atoms with Crippen molar-refractivity contribution in [2.24, 2.45) is 0 Å². The smallest absolute Gasteiger partial charge is 0.0972 e. The summed E-state index contributed by atoms with van der Waals surface area (Å²) >= 11 is 0. The van der Waals surface area contributed by atoms with E-state index in [1.165, 1.54) is 0 Å². The van der Waals surface area contributed by atoms with Gasteiger partial charge < -0.3 is 15.5 Å². The third kappa shape index (κ3) is 3.04. The van der Waals surface area contributed by atoms with Crippen LogP contribution in [-0.2, 0) is 6.54 Å². The number of nitrogens with zero attached hydrogens (tertiary/aromatic N) is 1. The lowest BCUT2D eigenvalue weighted by atomic mass is 10.1. The van der Waals surface area contributed by atoms with Crippen molar-refractivity contribution in [3.63, 3.8) is 0 Å². The zero-order valence-corrected chi connectivity index (χ0v) is 10.4. The van der Waals surface area contributed by atoms with E-state index in [2.05, 4.69) is 10.3 Å². The van der Waals surface area contributed by atoms with Crippen LogP contribution in [0.25, 0.3) is 10.9 Å². The first kappa shape index (κ1) is 13.0. The number of nitrogens with one attached hydrogen (secondary N) is 1. The second-order valence-corrected chi connectivity index (χ2v) is 4.75. The van der Waals surface area contributed by atoms with Crippen molar-refractivity contribution in [2.75, 3.05) is 13.2 Å². The van der Waals surface area contributed by atoms with Gasteiger partial charge in [0.2, 0.25) is 0 Å². The van der Waals surface area contributed by atoms with Gasteiger partial charge in [-0.15, -0.1) is 0 Å². The molecule has 0 radical (unpaired) electrons. The van der Waals surface area contributed by atoms with E-state index in [1.54, 1.807) is 13.1 Å². The molecule has 3 N–H and O–H groups in total. The molecular formula is C14H18N2O2. The molecule has 4 nitrogen and oxygen atoms in total. The first-order valence-electron chi connectivity index (χ1n) is 5.99. The maximum absolute atomic E-state index is 9.69. The van der Waals surface area contributed by atoms with Crippen molar-refractivity contribution >= 4 is 10.9 Å². The SMILES string of the molecule is CC(O)(CO)CNCc1ccnc2ccccc12. The molecule has 18 heavy (non-hydrogen) atoms. The fourth-order valence-electron chi connectivity index (χ4n) is 1.83. The average molecular weight is 246 g/mol. The molecule has 0 spiro atoms. The summed E-state index contributed by atoms with van der Waals surface area (Å²) in [5.74, 6) is 0.